The summed E-state index contributed by atoms with van der Waals surface area (Å²) >= 11 is 0. The molecule has 0 heteroatoms. The summed E-state index contributed by atoms with van der Waals surface area (Å²) in [4.78, 5) is 0. The van der Waals surface area contributed by atoms with Gasteiger partial charge < -0.3 is 0 Å². The van der Waals surface area contributed by atoms with E-state index >= 15 is 0 Å². The van der Waals surface area contributed by atoms with Crippen LogP contribution in [0.2, 0.25) is 0 Å². The Bertz CT molecular complexity index is 503. The van der Waals surface area contributed by atoms with Crippen LogP contribution in [0.25, 0.3) is 0 Å². The third-order valence-electron chi connectivity index (χ3n) is 4.03. The summed E-state index contributed by atoms with van der Waals surface area (Å²) in [5.74, 6) is 0. The highest BCUT2D eigenvalue weighted by molar-refractivity contribution is 5.30. The molecule has 0 aliphatic rings. The van der Waals surface area contributed by atoms with Gasteiger partial charge in [-0.1, -0.05) is 75.2 Å². The summed E-state index contributed by atoms with van der Waals surface area (Å²) in [6, 6.07) is 13.6. The Hall–Kier alpha value is -1.56. The monoisotopic (exact) mass is 296 g/mol. The van der Waals surface area contributed by atoms with Crippen molar-refractivity contribution in [2.45, 2.75) is 67.2 Å². The molecule has 0 spiro atoms. The van der Waals surface area contributed by atoms with Gasteiger partial charge in [-0.05, 0) is 61.8 Å². The summed E-state index contributed by atoms with van der Waals surface area (Å²) < 4.78 is 0. The number of aryl methyl sites for hydroxylation is 6. The Morgan fingerprint density at radius 3 is 1.00 bits per heavy atom. The molecule has 0 aliphatic carbocycles. The standard InChI is InChI=1S/C12H18.C10H14/c1-4-10-7-11(5-2)9-12(6-3)8-10;1-4-10-6-8(2)5-9(3)7-10/h7-9H,4-6H2,1-3H3;5-7H,4H2,1-3H3. The lowest BCUT2D eigenvalue weighted by Crippen LogP contribution is -1.90. The SMILES string of the molecule is CCc1cc(C)cc(C)c1.CCc1cc(CC)cc(CC)c1. The van der Waals surface area contributed by atoms with E-state index in [1.54, 1.807) is 0 Å². The first-order chi connectivity index (χ1) is 10.5. The molecule has 0 amide bonds. The van der Waals surface area contributed by atoms with Crippen LogP contribution in [0.5, 0.6) is 0 Å². The van der Waals surface area contributed by atoms with Crippen molar-refractivity contribution in [3.05, 3.63) is 69.8 Å². The number of rotatable bonds is 4. The molecule has 0 saturated carbocycles. The van der Waals surface area contributed by atoms with Crippen LogP contribution in [0.1, 0.15) is 61.1 Å². The zero-order valence-corrected chi connectivity index (χ0v) is 15.3. The van der Waals surface area contributed by atoms with E-state index in [4.69, 9.17) is 0 Å². The molecule has 0 aromatic heterocycles. The molecule has 0 heterocycles. The molecule has 0 nitrogen and oxygen atoms in total. The van der Waals surface area contributed by atoms with Crippen LogP contribution in [-0.4, -0.2) is 0 Å². The highest BCUT2D eigenvalue weighted by Gasteiger charge is 1.96. The van der Waals surface area contributed by atoms with E-state index in [2.05, 4.69) is 77.9 Å². The predicted octanol–water partition coefficient (Wildman–Crippen LogP) is 6.24. The van der Waals surface area contributed by atoms with Gasteiger partial charge in [0.2, 0.25) is 0 Å². The van der Waals surface area contributed by atoms with E-state index in [0.29, 0.717) is 0 Å². The van der Waals surface area contributed by atoms with E-state index in [1.807, 2.05) is 0 Å². The van der Waals surface area contributed by atoms with Crippen molar-refractivity contribution in [2.24, 2.45) is 0 Å². The maximum Gasteiger partial charge on any atom is -0.0307 e. The lowest BCUT2D eigenvalue weighted by molar-refractivity contribution is 1.04. The molecule has 2 aromatic carbocycles. The van der Waals surface area contributed by atoms with Crippen molar-refractivity contribution in [3.63, 3.8) is 0 Å². The molecule has 0 radical (unpaired) electrons. The summed E-state index contributed by atoms with van der Waals surface area (Å²) in [5, 5.41) is 0. The Labute approximate surface area is 137 Å². The van der Waals surface area contributed by atoms with Crippen molar-refractivity contribution in [2.75, 3.05) is 0 Å². The highest BCUT2D eigenvalue weighted by Crippen LogP contribution is 2.12. The molecule has 0 bridgehead atoms. The van der Waals surface area contributed by atoms with Crippen LogP contribution in [0.3, 0.4) is 0 Å². The van der Waals surface area contributed by atoms with E-state index < -0.39 is 0 Å². The van der Waals surface area contributed by atoms with Crippen molar-refractivity contribution >= 4 is 0 Å². The van der Waals surface area contributed by atoms with Crippen molar-refractivity contribution < 1.29 is 0 Å². The molecule has 0 aliphatic heterocycles. The van der Waals surface area contributed by atoms with Gasteiger partial charge in [0.05, 0.1) is 0 Å². The molecule has 0 unspecified atom stereocenters. The third kappa shape index (κ3) is 6.05. The van der Waals surface area contributed by atoms with Crippen LogP contribution >= 0.6 is 0 Å². The zero-order chi connectivity index (χ0) is 16.5. The number of hydrogen-bond acceptors (Lipinski definition) is 0. The Kier molecular flexibility index (Phi) is 7.95. The summed E-state index contributed by atoms with van der Waals surface area (Å²) in [6.45, 7) is 13.1. The second-order valence-corrected chi connectivity index (χ2v) is 6.07. The fraction of sp³-hybridized carbons (Fsp3) is 0.455. The molecular formula is C22H32. The molecule has 22 heavy (non-hydrogen) atoms. The second kappa shape index (κ2) is 9.46. The van der Waals surface area contributed by atoms with Crippen LogP contribution in [0.4, 0.5) is 0 Å². The normalized spacial score (nSPS) is 10.1. The number of hydrogen-bond donors (Lipinski definition) is 0. The average Bonchev–Trinajstić information content (AvgIpc) is 2.53. The van der Waals surface area contributed by atoms with Crippen molar-refractivity contribution in [1.82, 2.24) is 0 Å². The molecule has 0 saturated heterocycles. The van der Waals surface area contributed by atoms with Gasteiger partial charge >= 0.3 is 0 Å². The molecular weight excluding hydrogens is 264 g/mol. The smallest absolute Gasteiger partial charge is 0.0307 e. The molecule has 0 N–H and O–H groups in total. The topological polar surface area (TPSA) is 0 Å². The van der Waals surface area contributed by atoms with Crippen LogP contribution < -0.4 is 0 Å². The minimum absolute atomic E-state index is 1.14. The zero-order valence-electron chi connectivity index (χ0n) is 15.3. The Morgan fingerprint density at radius 1 is 0.455 bits per heavy atom. The molecule has 0 atom stereocenters. The lowest BCUT2D eigenvalue weighted by Gasteiger charge is -2.05. The van der Waals surface area contributed by atoms with Crippen molar-refractivity contribution in [3.8, 4) is 0 Å². The average molecular weight is 296 g/mol. The molecule has 2 rings (SSSR count). The van der Waals surface area contributed by atoms with Gasteiger partial charge in [-0.2, -0.15) is 0 Å². The fourth-order valence-corrected chi connectivity index (χ4v) is 2.72. The maximum absolute atomic E-state index is 2.32. The minimum Gasteiger partial charge on any atom is -0.0613 e. The van der Waals surface area contributed by atoms with Gasteiger partial charge in [-0.3, -0.25) is 0 Å². The summed E-state index contributed by atoms with van der Waals surface area (Å²) in [5.41, 5.74) is 8.62. The number of benzene rings is 2. The van der Waals surface area contributed by atoms with Gasteiger partial charge in [-0.15, -0.1) is 0 Å². The highest BCUT2D eigenvalue weighted by atomic mass is 14.0. The van der Waals surface area contributed by atoms with Gasteiger partial charge in [0.1, 0.15) is 0 Å². The predicted molar refractivity (Wildman–Crippen MR) is 99.9 cm³/mol. The van der Waals surface area contributed by atoms with E-state index in [0.717, 1.165) is 25.7 Å². The second-order valence-electron chi connectivity index (χ2n) is 6.07. The summed E-state index contributed by atoms with van der Waals surface area (Å²) in [7, 11) is 0. The van der Waals surface area contributed by atoms with E-state index in [9.17, 15) is 0 Å². The largest absolute Gasteiger partial charge is 0.0613 e. The lowest BCUT2D eigenvalue weighted by atomic mass is 10.0. The summed E-state index contributed by atoms with van der Waals surface area (Å²) in [6.07, 6.45) is 4.60. The molecule has 120 valence electrons. The van der Waals surface area contributed by atoms with Gasteiger partial charge in [0, 0.05) is 0 Å². The van der Waals surface area contributed by atoms with E-state index in [1.165, 1.54) is 33.4 Å². The first-order valence-electron chi connectivity index (χ1n) is 8.71. The van der Waals surface area contributed by atoms with Gasteiger partial charge in [0.15, 0.2) is 0 Å². The minimum atomic E-state index is 1.14. The fourth-order valence-electron chi connectivity index (χ4n) is 2.72. The Morgan fingerprint density at radius 2 is 0.727 bits per heavy atom. The van der Waals surface area contributed by atoms with Crippen molar-refractivity contribution in [1.29, 1.82) is 0 Å². The van der Waals surface area contributed by atoms with Crippen LogP contribution in [-0.2, 0) is 25.7 Å². The maximum atomic E-state index is 2.32. The molecule has 2 aromatic rings. The first kappa shape index (κ1) is 18.5. The van der Waals surface area contributed by atoms with Gasteiger partial charge in [-0.25, -0.2) is 0 Å². The third-order valence-corrected chi connectivity index (χ3v) is 4.03. The quantitative estimate of drug-likeness (QED) is 0.626. The first-order valence-corrected chi connectivity index (χ1v) is 8.71. The van der Waals surface area contributed by atoms with Crippen LogP contribution in [0, 0.1) is 13.8 Å². The molecule has 0 fully saturated rings. The van der Waals surface area contributed by atoms with E-state index in [-0.39, 0.29) is 0 Å². The Balaban J connectivity index is 0.000000224. The van der Waals surface area contributed by atoms with Gasteiger partial charge in [0.25, 0.3) is 0 Å². The van der Waals surface area contributed by atoms with Crippen LogP contribution in [0.15, 0.2) is 36.4 Å².